The molecule has 1 heterocycles. The average Bonchev–Trinajstić information content (AvgIpc) is 2.97. The third-order valence-corrected chi connectivity index (χ3v) is 3.96. The van der Waals surface area contributed by atoms with Crippen molar-refractivity contribution in [3.63, 3.8) is 0 Å². The Balaban J connectivity index is 1.86. The number of amides is 1. The molecule has 116 valence electrons. The van der Waals surface area contributed by atoms with E-state index in [1.165, 1.54) is 6.07 Å². The molecule has 2 aromatic rings. The standard InChI is InChI=1S/C16H15F2NO3/c1-8-4-15(21)22-13-3-9(2)12(6-11(8)13)19-14(20)5-10-7-16(10,17)18/h3-4,6,10H,5,7H2,1-2H3,(H,19,20). The van der Waals surface area contributed by atoms with Gasteiger partial charge in [0, 0.05) is 35.9 Å². The second kappa shape index (κ2) is 4.90. The Morgan fingerprint density at radius 2 is 2.00 bits per heavy atom. The van der Waals surface area contributed by atoms with Gasteiger partial charge in [-0.2, -0.15) is 0 Å². The number of anilines is 1. The molecule has 1 N–H and O–H groups in total. The van der Waals surface area contributed by atoms with Crippen LogP contribution in [0.2, 0.25) is 0 Å². The summed E-state index contributed by atoms with van der Waals surface area (Å²) < 4.78 is 30.8. The van der Waals surface area contributed by atoms with Crippen LogP contribution in [0.25, 0.3) is 11.0 Å². The first kappa shape index (κ1) is 14.7. The monoisotopic (exact) mass is 307 g/mol. The second-order valence-corrected chi connectivity index (χ2v) is 5.83. The number of aryl methyl sites for hydroxylation is 2. The van der Waals surface area contributed by atoms with Gasteiger partial charge in [-0.1, -0.05) is 0 Å². The van der Waals surface area contributed by atoms with E-state index >= 15 is 0 Å². The summed E-state index contributed by atoms with van der Waals surface area (Å²) in [5, 5.41) is 3.37. The third-order valence-electron chi connectivity index (χ3n) is 3.96. The Labute approximate surface area is 125 Å². The summed E-state index contributed by atoms with van der Waals surface area (Å²) in [5.41, 5.74) is 1.98. The van der Waals surface area contributed by atoms with Gasteiger partial charge in [-0.15, -0.1) is 0 Å². The molecule has 22 heavy (non-hydrogen) atoms. The van der Waals surface area contributed by atoms with Crippen LogP contribution in [0.15, 0.2) is 27.4 Å². The van der Waals surface area contributed by atoms with Gasteiger partial charge in [0.2, 0.25) is 5.91 Å². The molecule has 0 bridgehead atoms. The maximum absolute atomic E-state index is 12.9. The molecule has 3 rings (SSSR count). The van der Waals surface area contributed by atoms with Gasteiger partial charge in [-0.25, -0.2) is 13.6 Å². The van der Waals surface area contributed by atoms with Crippen LogP contribution >= 0.6 is 0 Å². The zero-order chi connectivity index (χ0) is 16.1. The number of halogens is 2. The molecule has 1 aromatic heterocycles. The molecular formula is C16H15F2NO3. The molecule has 1 aliphatic carbocycles. The van der Waals surface area contributed by atoms with Crippen LogP contribution in [-0.4, -0.2) is 11.8 Å². The van der Waals surface area contributed by atoms with Gasteiger partial charge < -0.3 is 9.73 Å². The number of hydrogen-bond donors (Lipinski definition) is 1. The van der Waals surface area contributed by atoms with E-state index in [1.54, 1.807) is 26.0 Å². The van der Waals surface area contributed by atoms with Gasteiger partial charge in [0.25, 0.3) is 5.92 Å². The van der Waals surface area contributed by atoms with E-state index in [2.05, 4.69) is 5.32 Å². The smallest absolute Gasteiger partial charge is 0.336 e. The van der Waals surface area contributed by atoms with Gasteiger partial charge in [-0.05, 0) is 37.1 Å². The molecule has 1 saturated carbocycles. The van der Waals surface area contributed by atoms with Crippen molar-refractivity contribution >= 4 is 22.6 Å². The van der Waals surface area contributed by atoms with E-state index < -0.39 is 23.4 Å². The Morgan fingerprint density at radius 3 is 2.64 bits per heavy atom. The Morgan fingerprint density at radius 1 is 1.32 bits per heavy atom. The highest BCUT2D eigenvalue weighted by Crippen LogP contribution is 2.50. The van der Waals surface area contributed by atoms with Gasteiger partial charge in [-0.3, -0.25) is 4.79 Å². The van der Waals surface area contributed by atoms with E-state index in [-0.39, 0.29) is 12.8 Å². The molecule has 0 radical (unpaired) electrons. The van der Waals surface area contributed by atoms with Crippen LogP contribution in [0.5, 0.6) is 0 Å². The first-order valence-corrected chi connectivity index (χ1v) is 6.99. The molecular weight excluding hydrogens is 292 g/mol. The van der Waals surface area contributed by atoms with Crippen molar-refractivity contribution in [1.29, 1.82) is 0 Å². The number of nitrogens with one attached hydrogen (secondary N) is 1. The SMILES string of the molecule is Cc1cc2oc(=O)cc(C)c2cc1NC(=O)CC1CC1(F)F. The number of carbonyl (C=O) groups excluding carboxylic acids is 1. The molecule has 6 heteroatoms. The van der Waals surface area contributed by atoms with Crippen molar-refractivity contribution < 1.29 is 18.0 Å². The Kier molecular flexibility index (Phi) is 3.27. The molecule has 1 atom stereocenters. The van der Waals surface area contributed by atoms with Crippen LogP contribution in [0.1, 0.15) is 24.0 Å². The molecule has 0 aliphatic heterocycles. The summed E-state index contributed by atoms with van der Waals surface area (Å²) >= 11 is 0. The Bertz CT molecular complexity index is 826. The maximum Gasteiger partial charge on any atom is 0.336 e. The minimum Gasteiger partial charge on any atom is -0.423 e. The zero-order valence-corrected chi connectivity index (χ0v) is 12.2. The normalized spacial score (nSPS) is 19.2. The fourth-order valence-corrected chi connectivity index (χ4v) is 2.52. The second-order valence-electron chi connectivity index (χ2n) is 5.83. The molecule has 0 spiro atoms. The average molecular weight is 307 g/mol. The van der Waals surface area contributed by atoms with Gasteiger partial charge in [0.05, 0.1) is 0 Å². The topological polar surface area (TPSA) is 59.3 Å². The van der Waals surface area contributed by atoms with Crippen LogP contribution < -0.4 is 10.9 Å². The van der Waals surface area contributed by atoms with Crippen LogP contribution in [0.4, 0.5) is 14.5 Å². The van der Waals surface area contributed by atoms with Gasteiger partial charge >= 0.3 is 5.63 Å². The highest BCUT2D eigenvalue weighted by atomic mass is 19.3. The van der Waals surface area contributed by atoms with Crippen LogP contribution in [-0.2, 0) is 4.79 Å². The van der Waals surface area contributed by atoms with E-state index in [4.69, 9.17) is 4.42 Å². The number of benzene rings is 1. The van der Waals surface area contributed by atoms with Gasteiger partial charge in [0.1, 0.15) is 5.58 Å². The quantitative estimate of drug-likeness (QED) is 0.884. The molecule has 0 saturated heterocycles. The summed E-state index contributed by atoms with van der Waals surface area (Å²) in [6.07, 6.45) is -0.408. The predicted octanol–water partition coefficient (Wildman–Crippen LogP) is 3.39. The minimum absolute atomic E-state index is 0.187. The molecule has 1 unspecified atom stereocenters. The summed E-state index contributed by atoms with van der Waals surface area (Å²) in [7, 11) is 0. The summed E-state index contributed by atoms with van der Waals surface area (Å²) in [4.78, 5) is 23.2. The van der Waals surface area contributed by atoms with E-state index in [0.29, 0.717) is 22.2 Å². The molecule has 1 aromatic carbocycles. The Hall–Kier alpha value is -2.24. The van der Waals surface area contributed by atoms with Crippen molar-refractivity contribution in [2.24, 2.45) is 5.92 Å². The van der Waals surface area contributed by atoms with Crippen LogP contribution in [0.3, 0.4) is 0 Å². The largest absolute Gasteiger partial charge is 0.423 e. The fourth-order valence-electron chi connectivity index (χ4n) is 2.52. The number of alkyl halides is 2. The lowest BCUT2D eigenvalue weighted by molar-refractivity contribution is -0.117. The molecule has 1 amide bonds. The number of rotatable bonds is 3. The lowest BCUT2D eigenvalue weighted by Gasteiger charge is -2.10. The summed E-state index contributed by atoms with van der Waals surface area (Å²) in [6.45, 7) is 3.52. The first-order valence-electron chi connectivity index (χ1n) is 6.99. The number of hydrogen-bond acceptors (Lipinski definition) is 3. The van der Waals surface area contributed by atoms with Crippen molar-refractivity contribution in [3.05, 3.63) is 39.7 Å². The number of fused-ring (bicyclic) bond motifs is 1. The van der Waals surface area contributed by atoms with E-state index in [0.717, 1.165) is 5.56 Å². The summed E-state index contributed by atoms with van der Waals surface area (Å²) in [5.74, 6) is -3.98. The minimum atomic E-state index is -2.70. The third kappa shape index (κ3) is 2.73. The highest BCUT2D eigenvalue weighted by molar-refractivity contribution is 5.95. The highest BCUT2D eigenvalue weighted by Gasteiger charge is 2.57. The van der Waals surface area contributed by atoms with E-state index in [1.807, 2.05) is 0 Å². The first-order chi connectivity index (χ1) is 10.3. The van der Waals surface area contributed by atoms with Crippen molar-refractivity contribution in [2.75, 3.05) is 5.32 Å². The summed E-state index contributed by atoms with van der Waals surface area (Å²) in [6, 6.07) is 4.73. The van der Waals surface area contributed by atoms with Crippen LogP contribution in [0, 0.1) is 19.8 Å². The lowest BCUT2D eigenvalue weighted by atomic mass is 10.1. The lowest BCUT2D eigenvalue weighted by Crippen LogP contribution is -2.14. The molecule has 1 aliphatic rings. The molecule has 4 nitrogen and oxygen atoms in total. The van der Waals surface area contributed by atoms with Crippen molar-refractivity contribution in [3.8, 4) is 0 Å². The maximum atomic E-state index is 12.9. The van der Waals surface area contributed by atoms with Gasteiger partial charge in [0.15, 0.2) is 0 Å². The predicted molar refractivity (Wildman–Crippen MR) is 78.3 cm³/mol. The molecule has 1 fully saturated rings. The van der Waals surface area contributed by atoms with Crippen molar-refractivity contribution in [2.45, 2.75) is 32.6 Å². The zero-order valence-electron chi connectivity index (χ0n) is 12.2. The van der Waals surface area contributed by atoms with E-state index in [9.17, 15) is 18.4 Å². The number of carbonyl (C=O) groups is 1. The fraction of sp³-hybridized carbons (Fsp3) is 0.375. The van der Waals surface area contributed by atoms with Crippen molar-refractivity contribution in [1.82, 2.24) is 0 Å².